The topological polar surface area (TPSA) is 89.9 Å². The van der Waals surface area contributed by atoms with Crippen LogP contribution in [0.3, 0.4) is 0 Å². The molecule has 144 valence electrons. The Hall–Kier alpha value is -2.98. The molecule has 7 heteroatoms. The van der Waals surface area contributed by atoms with Crippen LogP contribution >= 0.6 is 0 Å². The van der Waals surface area contributed by atoms with Crippen molar-refractivity contribution in [2.75, 3.05) is 5.73 Å². The number of aromatic nitrogens is 4. The zero-order chi connectivity index (χ0) is 19.9. The van der Waals surface area contributed by atoms with Crippen LogP contribution in [0.1, 0.15) is 51.4 Å². The van der Waals surface area contributed by atoms with Crippen LogP contribution in [0.2, 0.25) is 0 Å². The van der Waals surface area contributed by atoms with E-state index in [4.69, 9.17) is 5.73 Å². The van der Waals surface area contributed by atoms with Gasteiger partial charge in [-0.3, -0.25) is 0 Å². The molecule has 1 saturated carbocycles. The molecule has 2 heterocycles. The zero-order valence-electron chi connectivity index (χ0n) is 15.9. The largest absolute Gasteiger partial charge is 0.382 e. The second-order valence-electron chi connectivity index (χ2n) is 7.14. The minimum atomic E-state index is -1.07. The molecule has 3 aromatic rings. The monoisotopic (exact) mass is 379 g/mol. The van der Waals surface area contributed by atoms with Gasteiger partial charge in [0.05, 0.1) is 0 Å². The molecule has 6 nitrogen and oxygen atoms in total. The number of rotatable bonds is 4. The van der Waals surface area contributed by atoms with Crippen molar-refractivity contribution in [3.8, 4) is 23.2 Å². The first-order valence-corrected chi connectivity index (χ1v) is 9.51. The van der Waals surface area contributed by atoms with Gasteiger partial charge in [-0.2, -0.15) is 0 Å². The third-order valence-corrected chi connectivity index (χ3v) is 5.14. The number of anilines is 1. The Bertz CT molecular complexity index is 1100. The minimum absolute atomic E-state index is 0.225. The van der Waals surface area contributed by atoms with Gasteiger partial charge in [-0.25, -0.2) is 19.3 Å². The van der Waals surface area contributed by atoms with Gasteiger partial charge in [-0.05, 0) is 43.7 Å². The van der Waals surface area contributed by atoms with Crippen LogP contribution < -0.4 is 5.73 Å². The summed E-state index contributed by atoms with van der Waals surface area (Å²) in [5, 5.41) is 10.4. The third-order valence-electron chi connectivity index (χ3n) is 5.14. The Morgan fingerprint density at radius 3 is 2.64 bits per heavy atom. The summed E-state index contributed by atoms with van der Waals surface area (Å²) in [7, 11) is 0. The number of nitrogens with two attached hydrogens (primary N) is 1. The first kappa shape index (κ1) is 18.4. The maximum Gasteiger partial charge on any atom is 0.209 e. The first-order chi connectivity index (χ1) is 13.4. The Kier molecular flexibility index (Phi) is 4.52. The van der Waals surface area contributed by atoms with Gasteiger partial charge in [0.2, 0.25) is 5.82 Å². The quantitative estimate of drug-likeness (QED) is 0.678. The lowest BCUT2D eigenvalue weighted by Gasteiger charge is -2.16. The fraction of sp³-hybridized carbons (Fsp3) is 0.381. The molecule has 0 bridgehead atoms. The smallest absolute Gasteiger partial charge is 0.209 e. The van der Waals surface area contributed by atoms with Gasteiger partial charge in [-0.15, -0.1) is 0 Å². The lowest BCUT2D eigenvalue weighted by atomic mass is 9.98. The van der Waals surface area contributed by atoms with E-state index in [1.165, 1.54) is 12.1 Å². The molecular formula is C21H22FN5O. The van der Waals surface area contributed by atoms with Crippen LogP contribution in [0.25, 0.3) is 22.6 Å². The van der Waals surface area contributed by atoms with E-state index in [0.717, 1.165) is 12.8 Å². The molecule has 3 N–H and O–H groups in total. The molecule has 0 amide bonds. The predicted octanol–water partition coefficient (Wildman–Crippen LogP) is 3.45. The molecule has 0 atom stereocenters. The van der Waals surface area contributed by atoms with E-state index in [0.29, 0.717) is 35.4 Å². The second-order valence-corrected chi connectivity index (χ2v) is 7.14. The summed E-state index contributed by atoms with van der Waals surface area (Å²) < 4.78 is 15.7. The van der Waals surface area contributed by atoms with E-state index in [-0.39, 0.29) is 23.5 Å². The van der Waals surface area contributed by atoms with Crippen LogP contribution in [-0.4, -0.2) is 30.2 Å². The molecule has 0 spiro atoms. The van der Waals surface area contributed by atoms with Gasteiger partial charge in [0.15, 0.2) is 17.0 Å². The van der Waals surface area contributed by atoms with E-state index >= 15 is 0 Å². The second kappa shape index (κ2) is 6.88. The molecule has 0 radical (unpaired) electrons. The average molecular weight is 379 g/mol. The fourth-order valence-corrected chi connectivity index (χ4v) is 3.16. The normalized spacial score (nSPS) is 14.1. The standard InChI is InChI=1S/C21H22FN5O/c1-3-21(28,4-2)11-10-16-24-18(23)17-20(25-16)27(15-8-9-15)19(26-17)13-6-5-7-14(22)12-13/h5-7,12,15,28H,3-4,8-9H2,1-2H3,(H2,23,24,25). The molecule has 1 fully saturated rings. The molecule has 0 saturated heterocycles. The Labute approximate surface area is 162 Å². The highest BCUT2D eigenvalue weighted by Crippen LogP contribution is 2.41. The lowest BCUT2D eigenvalue weighted by Crippen LogP contribution is -2.23. The van der Waals surface area contributed by atoms with Gasteiger partial charge in [0, 0.05) is 11.6 Å². The van der Waals surface area contributed by atoms with Crippen molar-refractivity contribution in [3.63, 3.8) is 0 Å². The summed E-state index contributed by atoms with van der Waals surface area (Å²) in [6.45, 7) is 3.76. The SMILES string of the molecule is CCC(O)(C#Cc1nc(N)c2nc(-c3cccc(F)c3)n(C3CC3)c2n1)CC. The number of nitrogens with zero attached hydrogens (tertiary/aromatic N) is 4. The van der Waals surface area contributed by atoms with Gasteiger partial charge in [0.25, 0.3) is 0 Å². The van der Waals surface area contributed by atoms with Crippen molar-refractivity contribution in [1.82, 2.24) is 19.5 Å². The molecule has 0 unspecified atom stereocenters. The fourth-order valence-electron chi connectivity index (χ4n) is 3.16. The maximum atomic E-state index is 13.7. The highest BCUT2D eigenvalue weighted by molar-refractivity contribution is 5.86. The Morgan fingerprint density at radius 1 is 1.25 bits per heavy atom. The number of imidazole rings is 1. The van der Waals surface area contributed by atoms with Crippen LogP contribution in [0.4, 0.5) is 10.2 Å². The summed E-state index contributed by atoms with van der Waals surface area (Å²) in [6.07, 6.45) is 3.03. The van der Waals surface area contributed by atoms with Crippen LogP contribution in [0.15, 0.2) is 24.3 Å². The Morgan fingerprint density at radius 2 is 2.00 bits per heavy atom. The van der Waals surface area contributed by atoms with Crippen molar-refractivity contribution in [2.45, 2.75) is 51.2 Å². The Balaban J connectivity index is 1.88. The number of nitrogen functional groups attached to an aromatic ring is 1. The number of fused-ring (bicyclic) bond motifs is 1. The lowest BCUT2D eigenvalue weighted by molar-refractivity contribution is 0.0931. The highest BCUT2D eigenvalue weighted by atomic mass is 19.1. The number of hydrogen-bond acceptors (Lipinski definition) is 5. The van der Waals surface area contributed by atoms with Crippen molar-refractivity contribution in [1.29, 1.82) is 0 Å². The molecule has 4 rings (SSSR count). The third kappa shape index (κ3) is 3.32. The minimum Gasteiger partial charge on any atom is -0.382 e. The summed E-state index contributed by atoms with van der Waals surface area (Å²) in [4.78, 5) is 13.4. The van der Waals surface area contributed by atoms with Gasteiger partial charge in [-0.1, -0.05) is 31.9 Å². The average Bonchev–Trinajstić information content (AvgIpc) is 3.46. The molecule has 1 aromatic carbocycles. The van der Waals surface area contributed by atoms with Crippen LogP contribution in [0, 0.1) is 17.7 Å². The summed E-state index contributed by atoms with van der Waals surface area (Å²) in [5.41, 5.74) is 6.81. The summed E-state index contributed by atoms with van der Waals surface area (Å²) >= 11 is 0. The van der Waals surface area contributed by atoms with Gasteiger partial charge in [0.1, 0.15) is 17.2 Å². The predicted molar refractivity (Wildman–Crippen MR) is 106 cm³/mol. The van der Waals surface area contributed by atoms with E-state index in [1.807, 2.05) is 24.5 Å². The van der Waals surface area contributed by atoms with E-state index in [1.54, 1.807) is 6.07 Å². The number of halogens is 1. The molecule has 1 aliphatic carbocycles. The van der Waals surface area contributed by atoms with Crippen molar-refractivity contribution in [2.24, 2.45) is 0 Å². The van der Waals surface area contributed by atoms with Crippen LogP contribution in [-0.2, 0) is 0 Å². The number of aliphatic hydroxyl groups is 1. The first-order valence-electron chi connectivity index (χ1n) is 9.51. The van der Waals surface area contributed by atoms with Crippen LogP contribution in [0.5, 0.6) is 0 Å². The molecular weight excluding hydrogens is 357 g/mol. The van der Waals surface area contributed by atoms with E-state index in [2.05, 4.69) is 26.8 Å². The van der Waals surface area contributed by atoms with Gasteiger partial charge < -0.3 is 15.4 Å². The highest BCUT2D eigenvalue weighted by Gasteiger charge is 2.30. The molecule has 2 aromatic heterocycles. The van der Waals surface area contributed by atoms with Gasteiger partial charge >= 0.3 is 0 Å². The zero-order valence-corrected chi connectivity index (χ0v) is 15.9. The molecule has 28 heavy (non-hydrogen) atoms. The van der Waals surface area contributed by atoms with E-state index in [9.17, 15) is 9.50 Å². The number of benzene rings is 1. The molecule has 0 aliphatic heterocycles. The summed E-state index contributed by atoms with van der Waals surface area (Å²) in [6, 6.07) is 6.58. The number of hydrogen-bond donors (Lipinski definition) is 2. The van der Waals surface area contributed by atoms with Crippen molar-refractivity contribution < 1.29 is 9.50 Å². The van der Waals surface area contributed by atoms with Crippen molar-refractivity contribution >= 4 is 17.0 Å². The maximum absolute atomic E-state index is 13.7. The van der Waals surface area contributed by atoms with Crippen molar-refractivity contribution in [3.05, 3.63) is 35.9 Å². The summed E-state index contributed by atoms with van der Waals surface area (Å²) in [5.74, 6) is 6.50. The molecule has 1 aliphatic rings. The van der Waals surface area contributed by atoms with E-state index < -0.39 is 5.60 Å².